The molecule has 1 atom stereocenters. The van der Waals surface area contributed by atoms with E-state index in [0.29, 0.717) is 13.0 Å². The van der Waals surface area contributed by atoms with E-state index >= 15 is 0 Å². The summed E-state index contributed by atoms with van der Waals surface area (Å²) < 4.78 is 1.77. The number of rotatable bonds is 6. The van der Waals surface area contributed by atoms with E-state index < -0.39 is 12.0 Å². The first-order valence-electron chi connectivity index (χ1n) is 6.36. The van der Waals surface area contributed by atoms with Gasteiger partial charge < -0.3 is 10.0 Å². The van der Waals surface area contributed by atoms with Crippen molar-refractivity contribution in [1.82, 2.24) is 14.7 Å². The van der Waals surface area contributed by atoms with Gasteiger partial charge in [-0.2, -0.15) is 5.10 Å². The van der Waals surface area contributed by atoms with Crippen LogP contribution in [0.4, 0.5) is 0 Å². The SMILES string of the molecule is CCC(C(=O)O)N(C)C(=O)CCn1nc(C)cc1C. The Bertz CT molecular complexity index is 468. The van der Waals surface area contributed by atoms with E-state index in [-0.39, 0.29) is 12.3 Å². The Hall–Kier alpha value is -1.85. The number of carboxylic acid groups (broad SMARTS) is 1. The maximum absolute atomic E-state index is 12.0. The third-order valence-electron chi connectivity index (χ3n) is 3.17. The smallest absolute Gasteiger partial charge is 0.326 e. The van der Waals surface area contributed by atoms with Gasteiger partial charge in [-0.05, 0) is 26.3 Å². The van der Waals surface area contributed by atoms with Gasteiger partial charge in [0.2, 0.25) is 5.91 Å². The number of hydrogen-bond donors (Lipinski definition) is 1. The number of nitrogens with zero attached hydrogens (tertiary/aromatic N) is 3. The highest BCUT2D eigenvalue weighted by molar-refractivity contribution is 5.83. The maximum Gasteiger partial charge on any atom is 0.326 e. The van der Waals surface area contributed by atoms with Crippen molar-refractivity contribution in [1.29, 1.82) is 0 Å². The van der Waals surface area contributed by atoms with Crippen molar-refractivity contribution < 1.29 is 14.7 Å². The molecular formula is C13H21N3O3. The van der Waals surface area contributed by atoms with Crippen LogP contribution in [0.3, 0.4) is 0 Å². The minimum absolute atomic E-state index is 0.179. The molecule has 6 nitrogen and oxygen atoms in total. The average molecular weight is 267 g/mol. The normalized spacial score (nSPS) is 12.2. The van der Waals surface area contributed by atoms with Crippen LogP contribution >= 0.6 is 0 Å². The Morgan fingerprint density at radius 1 is 1.47 bits per heavy atom. The van der Waals surface area contributed by atoms with Gasteiger partial charge >= 0.3 is 5.97 Å². The average Bonchev–Trinajstić information content (AvgIpc) is 2.65. The van der Waals surface area contributed by atoms with E-state index in [2.05, 4.69) is 5.10 Å². The van der Waals surface area contributed by atoms with Gasteiger partial charge in [0, 0.05) is 25.7 Å². The van der Waals surface area contributed by atoms with Crippen LogP contribution in [0.15, 0.2) is 6.07 Å². The van der Waals surface area contributed by atoms with Gasteiger partial charge in [-0.15, -0.1) is 0 Å². The molecule has 0 aliphatic heterocycles. The lowest BCUT2D eigenvalue weighted by molar-refractivity contribution is -0.149. The van der Waals surface area contributed by atoms with E-state index in [1.54, 1.807) is 11.6 Å². The monoisotopic (exact) mass is 267 g/mol. The van der Waals surface area contributed by atoms with Gasteiger partial charge in [0.1, 0.15) is 6.04 Å². The quantitative estimate of drug-likeness (QED) is 0.840. The zero-order chi connectivity index (χ0) is 14.6. The third kappa shape index (κ3) is 3.81. The Balaban J connectivity index is 2.60. The number of carboxylic acids is 1. The number of amides is 1. The molecule has 1 amide bonds. The van der Waals surface area contributed by atoms with Crippen LogP contribution in [0.5, 0.6) is 0 Å². The van der Waals surface area contributed by atoms with E-state index in [1.165, 1.54) is 11.9 Å². The molecular weight excluding hydrogens is 246 g/mol. The second-order valence-electron chi connectivity index (χ2n) is 4.67. The molecule has 1 heterocycles. The molecule has 106 valence electrons. The van der Waals surface area contributed by atoms with Crippen molar-refractivity contribution in [2.24, 2.45) is 0 Å². The van der Waals surface area contributed by atoms with Gasteiger partial charge in [-0.1, -0.05) is 6.92 Å². The lowest BCUT2D eigenvalue weighted by Crippen LogP contribution is -2.42. The Kier molecular flexibility index (Phi) is 5.09. The molecule has 0 aliphatic rings. The molecule has 1 N–H and O–H groups in total. The van der Waals surface area contributed by atoms with Crippen LogP contribution in [0, 0.1) is 13.8 Å². The van der Waals surface area contributed by atoms with Crippen molar-refractivity contribution in [2.75, 3.05) is 7.05 Å². The van der Waals surface area contributed by atoms with Gasteiger partial charge in [-0.3, -0.25) is 9.48 Å². The number of carbonyl (C=O) groups is 2. The van der Waals surface area contributed by atoms with Gasteiger partial charge in [0.15, 0.2) is 0 Å². The highest BCUT2D eigenvalue weighted by Gasteiger charge is 2.24. The fourth-order valence-corrected chi connectivity index (χ4v) is 2.07. The predicted molar refractivity (Wildman–Crippen MR) is 70.8 cm³/mol. The fraction of sp³-hybridized carbons (Fsp3) is 0.615. The lowest BCUT2D eigenvalue weighted by Gasteiger charge is -2.23. The molecule has 6 heteroatoms. The summed E-state index contributed by atoms with van der Waals surface area (Å²) in [6, 6.07) is 1.19. The summed E-state index contributed by atoms with van der Waals surface area (Å²) in [4.78, 5) is 24.3. The van der Waals surface area contributed by atoms with E-state index in [1.807, 2.05) is 19.9 Å². The molecule has 0 aromatic carbocycles. The summed E-state index contributed by atoms with van der Waals surface area (Å²) in [5, 5.41) is 13.3. The van der Waals surface area contributed by atoms with Crippen molar-refractivity contribution in [3.63, 3.8) is 0 Å². The van der Waals surface area contributed by atoms with E-state index in [0.717, 1.165) is 11.4 Å². The lowest BCUT2D eigenvalue weighted by atomic mass is 10.2. The number of hydrogen-bond acceptors (Lipinski definition) is 3. The van der Waals surface area contributed by atoms with Crippen molar-refractivity contribution in [3.05, 3.63) is 17.5 Å². The standard InChI is InChI=1S/C13H21N3O3/c1-5-11(13(18)19)15(4)12(17)6-7-16-10(3)8-9(2)14-16/h8,11H,5-7H2,1-4H3,(H,18,19). The van der Waals surface area contributed by atoms with Crippen LogP contribution in [-0.4, -0.2) is 44.8 Å². The summed E-state index contributed by atoms with van der Waals surface area (Å²) in [5.74, 6) is -1.15. The van der Waals surface area contributed by atoms with Crippen molar-refractivity contribution in [2.45, 2.75) is 46.2 Å². The molecule has 19 heavy (non-hydrogen) atoms. The highest BCUT2D eigenvalue weighted by atomic mass is 16.4. The Morgan fingerprint density at radius 3 is 2.53 bits per heavy atom. The number of aryl methyl sites for hydroxylation is 3. The second-order valence-corrected chi connectivity index (χ2v) is 4.67. The maximum atomic E-state index is 12.0. The second kappa shape index (κ2) is 6.36. The molecule has 1 aromatic rings. The molecule has 1 unspecified atom stereocenters. The molecule has 0 saturated heterocycles. The summed E-state index contributed by atoms with van der Waals surface area (Å²) in [6.45, 7) is 6.05. The molecule has 0 radical (unpaired) electrons. The molecule has 0 fully saturated rings. The zero-order valence-corrected chi connectivity index (χ0v) is 11.9. The van der Waals surface area contributed by atoms with Crippen LogP contribution in [-0.2, 0) is 16.1 Å². The number of aliphatic carboxylic acids is 1. The van der Waals surface area contributed by atoms with Crippen molar-refractivity contribution in [3.8, 4) is 0 Å². The fourth-order valence-electron chi connectivity index (χ4n) is 2.07. The number of carbonyl (C=O) groups excluding carboxylic acids is 1. The van der Waals surface area contributed by atoms with E-state index in [9.17, 15) is 9.59 Å². The molecule has 0 saturated carbocycles. The number of likely N-dealkylation sites (N-methyl/N-ethyl adjacent to an activating group) is 1. The molecule has 1 aromatic heterocycles. The number of aromatic nitrogens is 2. The van der Waals surface area contributed by atoms with Gasteiger partial charge in [0.05, 0.1) is 5.69 Å². The first-order chi connectivity index (χ1) is 8.86. The molecule has 0 spiro atoms. The van der Waals surface area contributed by atoms with Crippen LogP contribution in [0.25, 0.3) is 0 Å². The van der Waals surface area contributed by atoms with Gasteiger partial charge in [0.25, 0.3) is 0 Å². The molecule has 0 bridgehead atoms. The highest BCUT2D eigenvalue weighted by Crippen LogP contribution is 2.07. The Labute approximate surface area is 113 Å². The minimum atomic E-state index is -0.968. The zero-order valence-electron chi connectivity index (χ0n) is 11.9. The minimum Gasteiger partial charge on any atom is -0.480 e. The third-order valence-corrected chi connectivity index (χ3v) is 3.17. The van der Waals surface area contributed by atoms with Crippen LogP contribution in [0.1, 0.15) is 31.2 Å². The van der Waals surface area contributed by atoms with Crippen LogP contribution < -0.4 is 0 Å². The largest absolute Gasteiger partial charge is 0.480 e. The topological polar surface area (TPSA) is 75.4 Å². The summed E-state index contributed by atoms with van der Waals surface area (Å²) in [5.41, 5.74) is 1.91. The van der Waals surface area contributed by atoms with Crippen molar-refractivity contribution >= 4 is 11.9 Å². The van der Waals surface area contributed by atoms with Gasteiger partial charge in [-0.25, -0.2) is 4.79 Å². The molecule has 0 aliphatic carbocycles. The summed E-state index contributed by atoms with van der Waals surface area (Å²) in [6.07, 6.45) is 0.652. The first-order valence-corrected chi connectivity index (χ1v) is 6.36. The summed E-state index contributed by atoms with van der Waals surface area (Å²) in [7, 11) is 1.53. The summed E-state index contributed by atoms with van der Waals surface area (Å²) >= 11 is 0. The first kappa shape index (κ1) is 15.2. The Morgan fingerprint density at radius 2 is 2.11 bits per heavy atom. The predicted octanol–water partition coefficient (Wildman–Crippen LogP) is 1.21. The molecule has 1 rings (SSSR count). The van der Waals surface area contributed by atoms with E-state index in [4.69, 9.17) is 5.11 Å². The van der Waals surface area contributed by atoms with Crippen LogP contribution in [0.2, 0.25) is 0 Å².